The molecule has 3 nitrogen and oxygen atoms in total. The largest absolute Gasteiger partial charge is 0.487 e. The maximum Gasteiger partial charge on any atom is 0.128 e. The quantitative estimate of drug-likeness (QED) is 0.870. The molecule has 106 valence electrons. The first-order valence-corrected chi connectivity index (χ1v) is 7.25. The Kier molecular flexibility index (Phi) is 5.08. The molecule has 0 aromatic heterocycles. The zero-order valence-electron chi connectivity index (χ0n) is 11.8. The number of rotatable bonds is 6. The van der Waals surface area contributed by atoms with Gasteiger partial charge in [0, 0.05) is 24.1 Å². The summed E-state index contributed by atoms with van der Waals surface area (Å²) in [6, 6.07) is 6.12. The smallest absolute Gasteiger partial charge is 0.128 e. The van der Waals surface area contributed by atoms with E-state index >= 15 is 0 Å². The Morgan fingerprint density at radius 2 is 2.21 bits per heavy atom. The summed E-state index contributed by atoms with van der Waals surface area (Å²) in [5, 5.41) is 3.98. The topological polar surface area (TPSA) is 30.5 Å². The van der Waals surface area contributed by atoms with Gasteiger partial charge in [0.15, 0.2) is 0 Å². The molecule has 3 unspecified atom stereocenters. The van der Waals surface area contributed by atoms with Crippen molar-refractivity contribution in [2.45, 2.75) is 44.9 Å². The van der Waals surface area contributed by atoms with Crippen LogP contribution >= 0.6 is 11.6 Å². The summed E-state index contributed by atoms with van der Waals surface area (Å²) in [6.07, 6.45) is 2.23. The molecule has 0 bridgehead atoms. The second-order valence-electron chi connectivity index (χ2n) is 5.03. The minimum atomic E-state index is 0.112. The molecule has 1 aromatic carbocycles. The van der Waals surface area contributed by atoms with Crippen LogP contribution in [-0.4, -0.2) is 31.9 Å². The van der Waals surface area contributed by atoms with E-state index in [-0.39, 0.29) is 12.2 Å². The minimum absolute atomic E-state index is 0.112. The summed E-state index contributed by atoms with van der Waals surface area (Å²) < 4.78 is 11.9. The van der Waals surface area contributed by atoms with Crippen LogP contribution in [0.4, 0.5) is 0 Å². The van der Waals surface area contributed by atoms with Crippen LogP contribution in [0.25, 0.3) is 0 Å². The van der Waals surface area contributed by atoms with Crippen molar-refractivity contribution in [3.05, 3.63) is 28.8 Å². The van der Waals surface area contributed by atoms with Crippen molar-refractivity contribution < 1.29 is 9.47 Å². The third-order valence-electron chi connectivity index (χ3n) is 3.56. The Labute approximate surface area is 120 Å². The summed E-state index contributed by atoms with van der Waals surface area (Å²) in [7, 11) is 1.97. The molecule has 0 amide bonds. The van der Waals surface area contributed by atoms with Gasteiger partial charge in [0.25, 0.3) is 0 Å². The Morgan fingerprint density at radius 1 is 1.42 bits per heavy atom. The lowest BCUT2D eigenvalue weighted by atomic mass is 9.85. The van der Waals surface area contributed by atoms with Crippen LogP contribution in [0.2, 0.25) is 5.02 Å². The number of hydrogen-bond acceptors (Lipinski definition) is 3. The third-order valence-corrected chi connectivity index (χ3v) is 3.80. The van der Waals surface area contributed by atoms with Gasteiger partial charge in [0.1, 0.15) is 18.0 Å². The van der Waals surface area contributed by atoms with E-state index in [1.54, 1.807) is 0 Å². The summed E-state index contributed by atoms with van der Waals surface area (Å²) in [6.45, 7) is 4.92. The number of ether oxygens (including phenoxy) is 2. The molecule has 1 aliphatic rings. The van der Waals surface area contributed by atoms with E-state index < -0.39 is 0 Å². The van der Waals surface area contributed by atoms with Crippen molar-refractivity contribution >= 4 is 11.6 Å². The van der Waals surface area contributed by atoms with Gasteiger partial charge in [0.05, 0.1) is 0 Å². The molecule has 19 heavy (non-hydrogen) atoms. The van der Waals surface area contributed by atoms with Gasteiger partial charge < -0.3 is 14.8 Å². The van der Waals surface area contributed by atoms with Gasteiger partial charge in [-0.05, 0) is 38.1 Å². The van der Waals surface area contributed by atoms with Crippen LogP contribution in [-0.2, 0) is 4.74 Å². The highest BCUT2D eigenvalue weighted by atomic mass is 35.5. The van der Waals surface area contributed by atoms with Gasteiger partial charge >= 0.3 is 0 Å². The van der Waals surface area contributed by atoms with Crippen LogP contribution in [0.15, 0.2) is 18.2 Å². The molecule has 3 atom stereocenters. The summed E-state index contributed by atoms with van der Waals surface area (Å²) >= 11 is 6.01. The summed E-state index contributed by atoms with van der Waals surface area (Å²) in [4.78, 5) is 0. The molecule has 0 heterocycles. The van der Waals surface area contributed by atoms with Crippen molar-refractivity contribution in [1.29, 1.82) is 0 Å². The molecular formula is C15H22ClNO2. The fourth-order valence-corrected chi connectivity index (χ4v) is 2.48. The van der Waals surface area contributed by atoms with Crippen molar-refractivity contribution in [2.24, 2.45) is 0 Å². The highest BCUT2D eigenvalue weighted by Gasteiger charge is 2.43. The first-order chi connectivity index (χ1) is 9.15. The molecule has 1 fully saturated rings. The first kappa shape index (κ1) is 14.6. The second kappa shape index (κ2) is 6.60. The lowest BCUT2D eigenvalue weighted by molar-refractivity contribution is -0.106. The third kappa shape index (κ3) is 3.41. The molecule has 2 rings (SSSR count). The normalized spacial score (nSPS) is 26.0. The zero-order valence-corrected chi connectivity index (χ0v) is 12.5. The van der Waals surface area contributed by atoms with E-state index in [9.17, 15) is 0 Å². The predicted molar refractivity (Wildman–Crippen MR) is 78.1 cm³/mol. The molecule has 1 N–H and O–H groups in total. The fourth-order valence-electron chi connectivity index (χ4n) is 2.32. The van der Waals surface area contributed by atoms with Crippen molar-refractivity contribution in [2.75, 3.05) is 13.7 Å². The van der Waals surface area contributed by atoms with Gasteiger partial charge in [-0.25, -0.2) is 0 Å². The molecule has 1 aromatic rings. The van der Waals surface area contributed by atoms with Crippen molar-refractivity contribution in [1.82, 2.24) is 5.32 Å². The van der Waals surface area contributed by atoms with E-state index in [1.807, 2.05) is 32.2 Å². The zero-order chi connectivity index (χ0) is 13.8. The molecule has 0 aliphatic heterocycles. The molecule has 0 saturated heterocycles. The van der Waals surface area contributed by atoms with Crippen LogP contribution in [0.3, 0.4) is 0 Å². The van der Waals surface area contributed by atoms with E-state index in [4.69, 9.17) is 21.1 Å². The lowest BCUT2D eigenvalue weighted by Crippen LogP contribution is -2.60. The summed E-state index contributed by atoms with van der Waals surface area (Å²) in [5.74, 6) is 0.858. The van der Waals surface area contributed by atoms with Crippen LogP contribution in [0.1, 0.15) is 25.3 Å². The molecule has 0 spiro atoms. The van der Waals surface area contributed by atoms with E-state index in [1.165, 1.54) is 0 Å². The van der Waals surface area contributed by atoms with E-state index in [0.29, 0.717) is 11.1 Å². The van der Waals surface area contributed by atoms with Crippen LogP contribution < -0.4 is 10.1 Å². The Balaban J connectivity index is 2.00. The number of hydrogen-bond donors (Lipinski definition) is 1. The molecule has 1 saturated carbocycles. The van der Waals surface area contributed by atoms with Gasteiger partial charge in [-0.1, -0.05) is 24.6 Å². The Hall–Kier alpha value is -0.770. The van der Waals surface area contributed by atoms with E-state index in [0.717, 1.165) is 30.8 Å². The number of benzene rings is 1. The number of halogens is 1. The van der Waals surface area contributed by atoms with Gasteiger partial charge in [0.2, 0.25) is 0 Å². The lowest BCUT2D eigenvalue weighted by Gasteiger charge is -2.43. The van der Waals surface area contributed by atoms with Gasteiger partial charge in [-0.2, -0.15) is 0 Å². The average Bonchev–Trinajstić information content (AvgIpc) is 2.38. The van der Waals surface area contributed by atoms with Crippen molar-refractivity contribution in [3.8, 4) is 5.75 Å². The predicted octanol–water partition coefficient (Wildman–Crippen LogP) is 3.18. The average molecular weight is 284 g/mol. The highest BCUT2D eigenvalue weighted by Crippen LogP contribution is 2.31. The van der Waals surface area contributed by atoms with Crippen molar-refractivity contribution in [3.63, 3.8) is 0 Å². The monoisotopic (exact) mass is 283 g/mol. The van der Waals surface area contributed by atoms with Crippen LogP contribution in [0, 0.1) is 6.92 Å². The van der Waals surface area contributed by atoms with Gasteiger partial charge in [-0.15, -0.1) is 0 Å². The van der Waals surface area contributed by atoms with E-state index in [2.05, 4.69) is 12.2 Å². The Bertz CT molecular complexity index is 425. The second-order valence-corrected chi connectivity index (χ2v) is 5.47. The maximum atomic E-state index is 6.05. The molecule has 0 radical (unpaired) electrons. The number of aryl methyl sites for hydroxylation is 1. The standard InChI is InChI=1S/C15H22ClNO2/c1-4-7-18-15-12(17-3)9-14(15)19-13-8-11(16)6-5-10(13)2/h5-6,8,12,14-15,17H,4,7,9H2,1-3H3. The first-order valence-electron chi connectivity index (χ1n) is 6.87. The van der Waals surface area contributed by atoms with Gasteiger partial charge in [-0.3, -0.25) is 0 Å². The fraction of sp³-hybridized carbons (Fsp3) is 0.600. The minimum Gasteiger partial charge on any atom is -0.487 e. The highest BCUT2D eigenvalue weighted by molar-refractivity contribution is 6.30. The SMILES string of the molecule is CCCOC1C(NC)CC1Oc1cc(Cl)ccc1C. The number of likely N-dealkylation sites (N-methyl/N-ethyl adjacent to an activating group) is 1. The summed E-state index contributed by atoms with van der Waals surface area (Å²) in [5.41, 5.74) is 1.10. The Morgan fingerprint density at radius 3 is 2.89 bits per heavy atom. The molecule has 1 aliphatic carbocycles. The maximum absolute atomic E-state index is 6.05. The molecular weight excluding hydrogens is 262 g/mol. The molecule has 4 heteroatoms. The number of nitrogens with one attached hydrogen (secondary N) is 1. The van der Waals surface area contributed by atoms with Crippen LogP contribution in [0.5, 0.6) is 5.75 Å².